The van der Waals surface area contributed by atoms with Gasteiger partial charge >= 0.3 is 0 Å². The van der Waals surface area contributed by atoms with Gasteiger partial charge in [0.25, 0.3) is 5.91 Å². The van der Waals surface area contributed by atoms with Gasteiger partial charge in [0, 0.05) is 30.0 Å². The zero-order valence-electron chi connectivity index (χ0n) is 9.21. The number of methoxy groups -OCH3 is 1. The van der Waals surface area contributed by atoms with Crippen LogP contribution in [-0.4, -0.2) is 42.9 Å². The third kappa shape index (κ3) is 4.63. The highest BCUT2D eigenvalue weighted by atomic mass is 79.9. The Bertz CT molecular complexity index is 364. The van der Waals surface area contributed by atoms with E-state index in [1.54, 1.807) is 12.0 Å². The molecule has 0 aliphatic carbocycles. The number of hydrogen-bond donors (Lipinski definition) is 0. The molecule has 17 heavy (non-hydrogen) atoms. The number of carbonyl (C=O) groups excluding carboxylic acids is 1. The second-order valence-electron chi connectivity index (χ2n) is 3.21. The topological polar surface area (TPSA) is 29.5 Å². The molecule has 0 aliphatic heterocycles. The fraction of sp³-hybridized carbons (Fsp3) is 0.500. The van der Waals surface area contributed by atoms with E-state index < -0.39 is 0 Å². The first-order chi connectivity index (χ1) is 8.10. The largest absolute Gasteiger partial charge is 0.383 e. The maximum absolute atomic E-state index is 12.2. The highest BCUT2D eigenvalue weighted by Crippen LogP contribution is 2.32. The van der Waals surface area contributed by atoms with Gasteiger partial charge in [-0.05, 0) is 37.9 Å². The lowest BCUT2D eigenvalue weighted by Crippen LogP contribution is -2.34. The molecule has 1 aromatic heterocycles. The Morgan fingerprint density at radius 1 is 1.47 bits per heavy atom. The second kappa shape index (κ2) is 7.89. The summed E-state index contributed by atoms with van der Waals surface area (Å²) in [5.74, 6) is 0.0397. The van der Waals surface area contributed by atoms with Gasteiger partial charge in [-0.2, -0.15) is 0 Å². The maximum Gasteiger partial charge on any atom is 0.264 e. The van der Waals surface area contributed by atoms with Crippen molar-refractivity contribution in [2.75, 3.05) is 32.1 Å². The van der Waals surface area contributed by atoms with Crippen LogP contribution in [0.1, 0.15) is 9.67 Å². The van der Waals surface area contributed by atoms with Gasteiger partial charge in [-0.15, -0.1) is 11.3 Å². The van der Waals surface area contributed by atoms with Gasteiger partial charge in [-0.1, -0.05) is 15.9 Å². The number of ether oxygens (including phenoxy) is 1. The SMILES string of the molecule is COCCN(CCBr)C(=O)c1cc(Br)c(Br)s1. The van der Waals surface area contributed by atoms with E-state index in [9.17, 15) is 4.79 Å². The maximum atomic E-state index is 12.2. The molecule has 0 bridgehead atoms. The molecule has 3 nitrogen and oxygen atoms in total. The molecule has 1 amide bonds. The van der Waals surface area contributed by atoms with E-state index in [0.717, 1.165) is 18.5 Å². The number of halogens is 3. The van der Waals surface area contributed by atoms with Crippen LogP contribution in [0.4, 0.5) is 0 Å². The van der Waals surface area contributed by atoms with Crippen LogP contribution in [0.25, 0.3) is 0 Å². The van der Waals surface area contributed by atoms with Crippen LogP contribution in [-0.2, 0) is 4.74 Å². The van der Waals surface area contributed by atoms with Crippen LogP contribution in [0.5, 0.6) is 0 Å². The summed E-state index contributed by atoms with van der Waals surface area (Å²) >= 11 is 11.6. The van der Waals surface area contributed by atoms with Gasteiger partial charge in [0.2, 0.25) is 0 Å². The minimum absolute atomic E-state index is 0.0397. The highest BCUT2D eigenvalue weighted by molar-refractivity contribution is 9.13. The van der Waals surface area contributed by atoms with Crippen molar-refractivity contribution in [3.05, 3.63) is 19.2 Å². The molecule has 0 fully saturated rings. The van der Waals surface area contributed by atoms with E-state index in [1.807, 2.05) is 6.07 Å². The fourth-order valence-corrected chi connectivity index (χ4v) is 3.66. The molecule has 0 radical (unpaired) electrons. The summed E-state index contributed by atoms with van der Waals surface area (Å²) in [4.78, 5) is 14.7. The molecule has 0 saturated carbocycles. The third-order valence-corrected chi connectivity index (χ3v) is 5.66. The molecule has 1 heterocycles. The number of nitrogens with zero attached hydrogens (tertiary/aromatic N) is 1. The lowest BCUT2D eigenvalue weighted by Gasteiger charge is -2.20. The van der Waals surface area contributed by atoms with Crippen molar-refractivity contribution < 1.29 is 9.53 Å². The molecule has 1 rings (SSSR count). The van der Waals surface area contributed by atoms with Crippen molar-refractivity contribution in [2.24, 2.45) is 0 Å². The van der Waals surface area contributed by atoms with Gasteiger partial charge in [-0.25, -0.2) is 0 Å². The third-order valence-electron chi connectivity index (χ3n) is 2.06. The van der Waals surface area contributed by atoms with E-state index in [0.29, 0.717) is 19.7 Å². The van der Waals surface area contributed by atoms with Crippen molar-refractivity contribution >= 4 is 65.0 Å². The summed E-state index contributed by atoms with van der Waals surface area (Å²) in [5.41, 5.74) is 0. The van der Waals surface area contributed by atoms with Crippen LogP contribution < -0.4 is 0 Å². The molecule has 0 unspecified atom stereocenters. The number of amides is 1. The molecular weight excluding hydrogens is 438 g/mol. The summed E-state index contributed by atoms with van der Waals surface area (Å²) in [5, 5.41) is 0.760. The Kier molecular flexibility index (Phi) is 7.25. The standard InChI is InChI=1S/C10H12Br3NO2S/c1-16-5-4-14(3-2-11)10(15)8-6-7(12)9(13)17-8/h6H,2-5H2,1H3. The number of alkyl halides is 1. The predicted molar refractivity (Wildman–Crippen MR) is 81.3 cm³/mol. The first-order valence-corrected chi connectivity index (χ1v) is 8.41. The summed E-state index contributed by atoms with van der Waals surface area (Å²) in [6.45, 7) is 1.83. The van der Waals surface area contributed by atoms with E-state index in [-0.39, 0.29) is 5.91 Å². The molecule has 0 aliphatic rings. The van der Waals surface area contributed by atoms with Gasteiger partial charge in [0.05, 0.1) is 15.3 Å². The van der Waals surface area contributed by atoms with Gasteiger partial charge in [0.1, 0.15) is 0 Å². The van der Waals surface area contributed by atoms with Crippen molar-refractivity contribution in [3.8, 4) is 0 Å². The molecule has 0 atom stereocenters. The smallest absolute Gasteiger partial charge is 0.264 e. The first-order valence-electron chi connectivity index (χ1n) is 4.89. The Morgan fingerprint density at radius 2 is 2.18 bits per heavy atom. The van der Waals surface area contributed by atoms with E-state index in [1.165, 1.54) is 11.3 Å². The van der Waals surface area contributed by atoms with Crippen molar-refractivity contribution in [1.29, 1.82) is 0 Å². The Balaban J connectivity index is 2.76. The number of hydrogen-bond acceptors (Lipinski definition) is 3. The van der Waals surface area contributed by atoms with Crippen LogP contribution in [0.15, 0.2) is 14.3 Å². The van der Waals surface area contributed by atoms with E-state index >= 15 is 0 Å². The summed E-state index contributed by atoms with van der Waals surface area (Å²) < 4.78 is 6.86. The molecule has 0 spiro atoms. The van der Waals surface area contributed by atoms with Gasteiger partial charge in [0.15, 0.2) is 0 Å². The van der Waals surface area contributed by atoms with Crippen molar-refractivity contribution in [1.82, 2.24) is 4.90 Å². The highest BCUT2D eigenvalue weighted by Gasteiger charge is 2.18. The summed E-state index contributed by atoms with van der Waals surface area (Å²) in [7, 11) is 1.63. The average molecular weight is 450 g/mol. The molecule has 0 N–H and O–H groups in total. The molecule has 7 heteroatoms. The van der Waals surface area contributed by atoms with E-state index in [4.69, 9.17) is 4.74 Å². The van der Waals surface area contributed by atoms with E-state index in [2.05, 4.69) is 47.8 Å². The first kappa shape index (κ1) is 15.6. The minimum Gasteiger partial charge on any atom is -0.383 e. The second-order valence-corrected chi connectivity index (χ2v) is 7.22. The molecule has 96 valence electrons. The number of rotatable bonds is 6. The van der Waals surface area contributed by atoms with Crippen LogP contribution in [0.2, 0.25) is 0 Å². The normalized spacial score (nSPS) is 10.6. The quantitative estimate of drug-likeness (QED) is 0.619. The lowest BCUT2D eigenvalue weighted by molar-refractivity contribution is 0.0713. The Labute approximate surface area is 130 Å². The Hall–Kier alpha value is 0.570. The fourth-order valence-electron chi connectivity index (χ4n) is 1.23. The molecule has 1 aromatic rings. The monoisotopic (exact) mass is 447 g/mol. The molecular formula is C10H12Br3NO2S. The van der Waals surface area contributed by atoms with Crippen molar-refractivity contribution in [2.45, 2.75) is 0 Å². The van der Waals surface area contributed by atoms with Crippen molar-refractivity contribution in [3.63, 3.8) is 0 Å². The summed E-state index contributed by atoms with van der Waals surface area (Å²) in [6, 6.07) is 1.84. The number of thiophene rings is 1. The summed E-state index contributed by atoms with van der Waals surface area (Å²) in [6.07, 6.45) is 0. The zero-order chi connectivity index (χ0) is 12.8. The van der Waals surface area contributed by atoms with Gasteiger partial charge in [-0.3, -0.25) is 4.79 Å². The van der Waals surface area contributed by atoms with Crippen LogP contribution in [0, 0.1) is 0 Å². The number of carbonyl (C=O) groups is 1. The molecule has 0 aromatic carbocycles. The van der Waals surface area contributed by atoms with Gasteiger partial charge < -0.3 is 9.64 Å². The zero-order valence-corrected chi connectivity index (χ0v) is 14.8. The molecule has 0 saturated heterocycles. The minimum atomic E-state index is 0.0397. The van der Waals surface area contributed by atoms with Crippen LogP contribution >= 0.6 is 59.1 Å². The lowest BCUT2D eigenvalue weighted by atomic mass is 10.4. The van der Waals surface area contributed by atoms with Crippen LogP contribution in [0.3, 0.4) is 0 Å². The Morgan fingerprint density at radius 3 is 2.65 bits per heavy atom. The predicted octanol–water partition coefficient (Wildman–Crippen LogP) is 3.76. The average Bonchev–Trinajstić information content (AvgIpc) is 2.64.